The Kier molecular flexibility index (Phi) is 18.3. The molecule has 72 heavy (non-hydrogen) atoms. The van der Waals surface area contributed by atoms with Crippen molar-refractivity contribution in [3.05, 3.63) is 192 Å². The zero-order chi connectivity index (χ0) is 50.7. The van der Waals surface area contributed by atoms with Crippen molar-refractivity contribution >= 4 is 46.5 Å². The lowest BCUT2D eigenvalue weighted by Crippen LogP contribution is -2.60. The fourth-order valence-corrected chi connectivity index (χ4v) is 7.62. The fraction of sp³-hybridized carbons (Fsp3) is 0.241. The maximum atomic E-state index is 14.8. The summed E-state index contributed by atoms with van der Waals surface area (Å²) in [6, 6.07) is 35.9. The average Bonchev–Trinajstić information content (AvgIpc) is 4.08. The van der Waals surface area contributed by atoms with Crippen molar-refractivity contribution in [3.8, 4) is 5.75 Å². The maximum Gasteiger partial charge on any atom is 0.408 e. The van der Waals surface area contributed by atoms with Crippen LogP contribution < -0.4 is 37.1 Å². The Morgan fingerprint density at radius 1 is 0.556 bits per heavy atom. The molecule has 372 valence electrons. The van der Waals surface area contributed by atoms with Crippen LogP contribution in [0.1, 0.15) is 40.4 Å². The first-order valence-corrected chi connectivity index (χ1v) is 23.3. The van der Waals surface area contributed by atoms with Crippen molar-refractivity contribution in [2.45, 2.75) is 76.2 Å². The van der Waals surface area contributed by atoms with Gasteiger partial charge in [-0.2, -0.15) is 0 Å². The van der Waals surface area contributed by atoms with E-state index in [1.165, 1.54) is 19.4 Å². The van der Waals surface area contributed by atoms with Crippen LogP contribution in [-0.4, -0.2) is 87.4 Å². The van der Waals surface area contributed by atoms with Gasteiger partial charge in [0.2, 0.25) is 29.5 Å². The summed E-state index contributed by atoms with van der Waals surface area (Å²) in [6.07, 6.45) is 3.63. The van der Waals surface area contributed by atoms with Gasteiger partial charge in [0.15, 0.2) is 0 Å². The lowest BCUT2D eigenvalue weighted by Gasteiger charge is -2.27. The standard InChI is InChI=1S/C54H57N9O9/c1-35(49(55)64)59-50(65)46(26-40-28-57-44-20-12-11-19-43(40)44)61-53(68)48(33-70-30-37-13-5-2-6-14-37)62-51(66)45(25-36-21-23-42(24-22-36)71-31-38-15-7-3-8-16-38)60-52(67)47(27-41-29-56-34-58-41)63-54(69)72-32-39-17-9-4-10-18-39/h2-24,28-29,34-35,45-48,57H,25-27,30-33H2,1H3,(H2,55,64)(H,56,58)(H,59,65)(H,60,67)(H,61,68)(H,62,66)(H,63,69)/t35-,45+,46+,47?,48?/m1/s1. The Labute approximate surface area is 415 Å². The van der Waals surface area contributed by atoms with E-state index in [0.29, 0.717) is 29.2 Å². The highest BCUT2D eigenvalue weighted by Crippen LogP contribution is 2.20. The van der Waals surface area contributed by atoms with Crippen molar-refractivity contribution in [2.75, 3.05) is 6.61 Å². The number of nitrogens with one attached hydrogen (secondary N) is 7. The summed E-state index contributed by atoms with van der Waals surface area (Å²) in [5, 5.41) is 14.4. The molecule has 2 aromatic heterocycles. The largest absolute Gasteiger partial charge is 0.489 e. The molecule has 0 fully saturated rings. The fourth-order valence-electron chi connectivity index (χ4n) is 7.62. The number of nitrogens with zero attached hydrogens (tertiary/aromatic N) is 1. The number of amides is 6. The molecule has 7 aromatic rings. The van der Waals surface area contributed by atoms with Gasteiger partial charge in [-0.15, -0.1) is 0 Å². The third-order valence-corrected chi connectivity index (χ3v) is 11.6. The molecule has 5 aromatic carbocycles. The summed E-state index contributed by atoms with van der Waals surface area (Å²) in [5.74, 6) is -3.25. The van der Waals surface area contributed by atoms with E-state index in [1.54, 1.807) is 54.7 Å². The van der Waals surface area contributed by atoms with Gasteiger partial charge in [0.1, 0.15) is 49.2 Å². The number of imidazole rings is 1. The molecule has 18 nitrogen and oxygen atoms in total. The van der Waals surface area contributed by atoms with Gasteiger partial charge in [0.05, 0.1) is 19.5 Å². The molecule has 0 saturated carbocycles. The van der Waals surface area contributed by atoms with Gasteiger partial charge in [-0.1, -0.05) is 121 Å². The third-order valence-electron chi connectivity index (χ3n) is 11.6. The summed E-state index contributed by atoms with van der Waals surface area (Å²) in [6.45, 7) is 1.39. The molecule has 0 aliphatic carbocycles. The lowest BCUT2D eigenvalue weighted by molar-refractivity contribution is -0.135. The number of carbonyl (C=O) groups is 6. The predicted octanol–water partition coefficient (Wildman–Crippen LogP) is 4.45. The number of nitrogens with two attached hydrogens (primary N) is 1. The molecule has 0 radical (unpaired) electrons. The molecular formula is C54H57N9O9. The van der Waals surface area contributed by atoms with Crippen LogP contribution in [0, 0.1) is 0 Å². The Morgan fingerprint density at radius 3 is 1.72 bits per heavy atom. The highest BCUT2D eigenvalue weighted by atomic mass is 16.5. The van der Waals surface area contributed by atoms with Crippen LogP contribution in [0.25, 0.3) is 10.9 Å². The van der Waals surface area contributed by atoms with Crippen LogP contribution in [0.4, 0.5) is 4.79 Å². The number of ether oxygens (including phenoxy) is 3. The number of hydrogen-bond donors (Lipinski definition) is 8. The van der Waals surface area contributed by atoms with E-state index in [1.807, 2.05) is 91.0 Å². The van der Waals surface area contributed by atoms with Crippen LogP contribution in [0.15, 0.2) is 158 Å². The van der Waals surface area contributed by atoms with Gasteiger partial charge >= 0.3 is 6.09 Å². The first-order chi connectivity index (χ1) is 35.0. The molecule has 2 unspecified atom stereocenters. The van der Waals surface area contributed by atoms with Crippen molar-refractivity contribution in [1.29, 1.82) is 0 Å². The number of H-pyrrole nitrogens is 2. The summed E-state index contributed by atoms with van der Waals surface area (Å²) < 4.78 is 17.5. The highest BCUT2D eigenvalue weighted by Gasteiger charge is 2.33. The number of para-hydroxylation sites is 1. The monoisotopic (exact) mass is 975 g/mol. The molecule has 0 bridgehead atoms. The van der Waals surface area contributed by atoms with Crippen LogP contribution >= 0.6 is 0 Å². The predicted molar refractivity (Wildman–Crippen MR) is 267 cm³/mol. The van der Waals surface area contributed by atoms with E-state index in [4.69, 9.17) is 19.9 Å². The van der Waals surface area contributed by atoms with E-state index < -0.39 is 65.8 Å². The molecule has 9 N–H and O–H groups in total. The number of aromatic nitrogens is 3. The number of alkyl carbamates (subject to hydrolysis) is 1. The zero-order valence-corrected chi connectivity index (χ0v) is 39.5. The Morgan fingerprint density at radius 2 is 1.10 bits per heavy atom. The van der Waals surface area contributed by atoms with E-state index in [2.05, 4.69) is 41.5 Å². The van der Waals surface area contributed by atoms with E-state index >= 15 is 0 Å². The molecule has 6 amide bonds. The molecule has 0 spiro atoms. The Bertz CT molecular complexity index is 2860. The number of aromatic amines is 2. The second-order valence-electron chi connectivity index (χ2n) is 17.0. The molecular weight excluding hydrogens is 919 g/mol. The Balaban J connectivity index is 1.15. The molecule has 5 atom stereocenters. The van der Waals surface area contributed by atoms with Gasteiger partial charge in [-0.25, -0.2) is 9.78 Å². The minimum atomic E-state index is -1.44. The minimum absolute atomic E-state index is 0.0130. The first kappa shape index (κ1) is 51.1. The number of fused-ring (bicyclic) bond motifs is 1. The van der Waals surface area contributed by atoms with Crippen molar-refractivity contribution in [3.63, 3.8) is 0 Å². The summed E-state index contributed by atoms with van der Waals surface area (Å²) in [5.41, 5.74) is 10.6. The second-order valence-corrected chi connectivity index (χ2v) is 17.0. The topological polar surface area (TPSA) is 261 Å². The molecule has 18 heteroatoms. The van der Waals surface area contributed by atoms with Crippen molar-refractivity contribution < 1.29 is 43.0 Å². The number of hydrogen-bond acceptors (Lipinski definition) is 10. The SMILES string of the molecule is C[C@@H](NC(=O)[C@H](Cc1c[nH]c2ccccc12)NC(=O)C(COCc1ccccc1)NC(=O)[C@H](Cc1ccc(OCc2ccccc2)cc1)NC(=O)C(Cc1cnc[nH]1)NC(=O)OCc1ccccc1)C(N)=O. The van der Waals surface area contributed by atoms with Crippen molar-refractivity contribution in [2.24, 2.45) is 5.73 Å². The quantitative estimate of drug-likeness (QED) is 0.0399. The third kappa shape index (κ3) is 15.4. The van der Waals surface area contributed by atoms with Crippen molar-refractivity contribution in [1.82, 2.24) is 41.5 Å². The smallest absolute Gasteiger partial charge is 0.408 e. The zero-order valence-electron chi connectivity index (χ0n) is 39.5. The number of rotatable bonds is 25. The molecule has 0 aliphatic heterocycles. The van der Waals surface area contributed by atoms with E-state index in [9.17, 15) is 28.8 Å². The molecule has 0 aliphatic rings. The number of benzene rings is 5. The average molecular weight is 976 g/mol. The lowest BCUT2D eigenvalue weighted by atomic mass is 10.0. The Hall–Kier alpha value is -8.77. The van der Waals surface area contributed by atoms with Gasteiger partial charge in [0, 0.05) is 48.3 Å². The van der Waals surface area contributed by atoms with Gasteiger partial charge < -0.3 is 56.5 Å². The highest BCUT2D eigenvalue weighted by molar-refractivity contribution is 5.97. The molecule has 0 saturated heterocycles. The second kappa shape index (κ2) is 25.7. The van der Waals surface area contributed by atoms with Crippen LogP contribution in [0.5, 0.6) is 5.75 Å². The summed E-state index contributed by atoms with van der Waals surface area (Å²) in [4.78, 5) is 93.1. The van der Waals surface area contributed by atoms with Crippen LogP contribution in [-0.2, 0) is 72.5 Å². The van der Waals surface area contributed by atoms with Gasteiger partial charge in [-0.3, -0.25) is 24.0 Å². The first-order valence-electron chi connectivity index (χ1n) is 23.3. The van der Waals surface area contributed by atoms with Crippen LogP contribution in [0.2, 0.25) is 0 Å². The van der Waals surface area contributed by atoms with E-state index in [-0.39, 0.29) is 39.1 Å². The molecule has 7 rings (SSSR count). The number of primary amides is 1. The normalized spacial score (nSPS) is 13.1. The van der Waals surface area contributed by atoms with Gasteiger partial charge in [-0.05, 0) is 52.9 Å². The summed E-state index contributed by atoms with van der Waals surface area (Å²) >= 11 is 0. The van der Waals surface area contributed by atoms with E-state index in [0.717, 1.165) is 27.6 Å². The minimum Gasteiger partial charge on any atom is -0.489 e. The summed E-state index contributed by atoms with van der Waals surface area (Å²) in [7, 11) is 0. The van der Waals surface area contributed by atoms with Crippen LogP contribution in [0.3, 0.4) is 0 Å². The maximum absolute atomic E-state index is 14.8. The molecule has 2 heterocycles. The number of carbonyl (C=O) groups excluding carboxylic acids is 6. The van der Waals surface area contributed by atoms with Gasteiger partial charge in [0.25, 0.3) is 0 Å².